The van der Waals surface area contributed by atoms with Gasteiger partial charge in [-0.2, -0.15) is 0 Å². The molecule has 74 valence electrons. The quantitative estimate of drug-likeness (QED) is 0.715. The van der Waals surface area contributed by atoms with Crippen LogP contribution in [0.3, 0.4) is 0 Å². The molecule has 0 aromatic carbocycles. The Morgan fingerprint density at radius 1 is 1.08 bits per heavy atom. The topological polar surface area (TPSA) is 46.2 Å². The lowest BCUT2D eigenvalue weighted by molar-refractivity contribution is 0.208. The molecule has 0 saturated heterocycles. The van der Waals surface area contributed by atoms with Gasteiger partial charge in [-0.1, -0.05) is 12.8 Å². The third kappa shape index (κ3) is 3.74. The maximum absolute atomic E-state index is 8.72. The molecule has 1 aliphatic rings. The molecular weight excluding hydrogens is 174 g/mol. The Bertz CT molecular complexity index is 103. The predicted octanol–water partition coefficient (Wildman–Crippen LogP) is 1.56. The zero-order valence-electron chi connectivity index (χ0n) is 7.54. The van der Waals surface area contributed by atoms with E-state index < -0.39 is 0 Å². The van der Waals surface area contributed by atoms with E-state index >= 15 is 0 Å². The van der Waals surface area contributed by atoms with Gasteiger partial charge >= 0.3 is 0 Å². The zero-order valence-corrected chi connectivity index (χ0v) is 8.35. The van der Waals surface area contributed by atoms with Crippen molar-refractivity contribution in [1.82, 2.24) is 0 Å². The number of rotatable bonds is 3. The molecule has 0 atom stereocenters. The smallest absolute Gasteiger partial charge is 0.0433 e. The van der Waals surface area contributed by atoms with Gasteiger partial charge in [-0.25, -0.2) is 0 Å². The highest BCUT2D eigenvalue weighted by Gasteiger charge is 2.19. The van der Waals surface area contributed by atoms with Crippen LogP contribution in [0.4, 0.5) is 0 Å². The summed E-state index contributed by atoms with van der Waals surface area (Å²) in [5.74, 6) is 1.55. The number of aliphatic hydroxyl groups is 1. The highest BCUT2D eigenvalue weighted by Crippen LogP contribution is 2.29. The minimum Gasteiger partial charge on any atom is -0.396 e. The molecule has 0 radical (unpaired) electrons. The molecule has 1 rings (SSSR count). The van der Waals surface area contributed by atoms with Gasteiger partial charge in [0.2, 0.25) is 0 Å². The maximum Gasteiger partial charge on any atom is 0.0433 e. The second-order valence-electron chi connectivity index (χ2n) is 3.63. The van der Waals surface area contributed by atoms with E-state index in [1.54, 1.807) is 0 Å². The van der Waals surface area contributed by atoms with Crippen LogP contribution in [0.25, 0.3) is 0 Å². The van der Waals surface area contributed by atoms with Crippen molar-refractivity contribution in [2.45, 2.75) is 32.1 Å². The van der Waals surface area contributed by atoms with Crippen LogP contribution in [0.1, 0.15) is 32.1 Å². The first kappa shape index (κ1) is 12.2. The van der Waals surface area contributed by atoms with Crippen LogP contribution in [0, 0.1) is 11.8 Å². The van der Waals surface area contributed by atoms with Crippen LogP contribution in [-0.2, 0) is 0 Å². The molecule has 12 heavy (non-hydrogen) atoms. The molecule has 0 aliphatic heterocycles. The lowest BCUT2D eigenvalue weighted by Gasteiger charge is -2.26. The first-order valence-electron chi connectivity index (χ1n) is 4.67. The van der Waals surface area contributed by atoms with Gasteiger partial charge in [0.15, 0.2) is 0 Å². The van der Waals surface area contributed by atoms with E-state index in [1.807, 2.05) is 0 Å². The summed E-state index contributed by atoms with van der Waals surface area (Å²) in [5, 5.41) is 8.72. The number of hydrogen-bond acceptors (Lipinski definition) is 2. The maximum atomic E-state index is 8.72. The summed E-state index contributed by atoms with van der Waals surface area (Å²) in [6.07, 6.45) is 6.12. The minimum absolute atomic E-state index is 0. The van der Waals surface area contributed by atoms with Crippen molar-refractivity contribution >= 4 is 12.4 Å². The Balaban J connectivity index is 0.00000121. The molecule has 1 aliphatic carbocycles. The lowest BCUT2D eigenvalue weighted by Crippen LogP contribution is -2.21. The Morgan fingerprint density at radius 3 is 2.00 bits per heavy atom. The average molecular weight is 194 g/mol. The van der Waals surface area contributed by atoms with E-state index in [0.29, 0.717) is 6.61 Å². The zero-order chi connectivity index (χ0) is 8.10. The molecule has 2 nitrogen and oxygen atoms in total. The predicted molar refractivity (Wildman–Crippen MR) is 53.5 cm³/mol. The van der Waals surface area contributed by atoms with Crippen molar-refractivity contribution in [3.05, 3.63) is 0 Å². The van der Waals surface area contributed by atoms with E-state index in [1.165, 1.54) is 25.7 Å². The molecule has 0 spiro atoms. The van der Waals surface area contributed by atoms with Crippen LogP contribution < -0.4 is 5.73 Å². The van der Waals surface area contributed by atoms with Gasteiger partial charge in [-0.15, -0.1) is 12.4 Å². The minimum atomic E-state index is 0. The summed E-state index contributed by atoms with van der Waals surface area (Å²) in [6.45, 7) is 1.21. The van der Waals surface area contributed by atoms with Crippen molar-refractivity contribution in [2.24, 2.45) is 17.6 Å². The highest BCUT2D eigenvalue weighted by atomic mass is 35.5. The van der Waals surface area contributed by atoms with Gasteiger partial charge < -0.3 is 10.8 Å². The summed E-state index contributed by atoms with van der Waals surface area (Å²) < 4.78 is 0. The van der Waals surface area contributed by atoms with Crippen LogP contribution in [-0.4, -0.2) is 18.3 Å². The second kappa shape index (κ2) is 6.70. The molecule has 0 bridgehead atoms. The van der Waals surface area contributed by atoms with Crippen LogP contribution >= 0.6 is 12.4 Å². The van der Waals surface area contributed by atoms with Gasteiger partial charge in [0, 0.05) is 6.61 Å². The van der Waals surface area contributed by atoms with Gasteiger partial charge in [0.25, 0.3) is 0 Å². The SMILES string of the molecule is Cl.NCC1CCC(CCO)CC1. The standard InChI is InChI=1S/C9H19NO.ClH/c10-7-9-3-1-8(2-4-9)5-6-11;/h8-9,11H,1-7,10H2;1H. The fourth-order valence-corrected chi connectivity index (χ4v) is 1.94. The molecule has 3 N–H and O–H groups in total. The Kier molecular flexibility index (Phi) is 6.81. The number of nitrogens with two attached hydrogens (primary N) is 1. The number of hydrogen-bond donors (Lipinski definition) is 2. The Morgan fingerprint density at radius 2 is 1.58 bits per heavy atom. The van der Waals surface area contributed by atoms with Gasteiger partial charge in [0.1, 0.15) is 0 Å². The second-order valence-corrected chi connectivity index (χ2v) is 3.63. The average Bonchev–Trinajstić information content (AvgIpc) is 2.07. The molecule has 0 aromatic rings. The fourth-order valence-electron chi connectivity index (χ4n) is 1.94. The normalized spacial score (nSPS) is 29.5. The van der Waals surface area contributed by atoms with E-state index in [-0.39, 0.29) is 12.4 Å². The first-order chi connectivity index (χ1) is 5.36. The summed E-state index contributed by atoms with van der Waals surface area (Å²) in [6, 6.07) is 0. The molecule has 1 saturated carbocycles. The van der Waals surface area contributed by atoms with Crippen LogP contribution in [0.5, 0.6) is 0 Å². The van der Waals surface area contributed by atoms with Gasteiger partial charge in [0.05, 0.1) is 0 Å². The van der Waals surface area contributed by atoms with Crippen molar-refractivity contribution in [3.8, 4) is 0 Å². The molecule has 3 heteroatoms. The first-order valence-corrected chi connectivity index (χ1v) is 4.67. The van der Waals surface area contributed by atoms with Gasteiger partial charge in [-0.3, -0.25) is 0 Å². The lowest BCUT2D eigenvalue weighted by atomic mass is 9.81. The third-order valence-electron chi connectivity index (χ3n) is 2.84. The molecule has 0 heterocycles. The van der Waals surface area contributed by atoms with E-state index in [2.05, 4.69) is 0 Å². The molecule has 0 amide bonds. The van der Waals surface area contributed by atoms with E-state index in [9.17, 15) is 0 Å². The highest BCUT2D eigenvalue weighted by molar-refractivity contribution is 5.85. The molecular formula is C9H20ClNO. The van der Waals surface area contributed by atoms with Crippen molar-refractivity contribution in [2.75, 3.05) is 13.2 Å². The van der Waals surface area contributed by atoms with Crippen molar-refractivity contribution in [1.29, 1.82) is 0 Å². The monoisotopic (exact) mass is 193 g/mol. The fraction of sp³-hybridized carbons (Fsp3) is 1.00. The molecule has 0 aromatic heterocycles. The van der Waals surface area contributed by atoms with Crippen molar-refractivity contribution in [3.63, 3.8) is 0 Å². The van der Waals surface area contributed by atoms with E-state index in [4.69, 9.17) is 10.8 Å². The summed E-state index contributed by atoms with van der Waals surface area (Å²) in [4.78, 5) is 0. The molecule has 0 unspecified atom stereocenters. The van der Waals surface area contributed by atoms with Crippen molar-refractivity contribution < 1.29 is 5.11 Å². The summed E-state index contributed by atoms with van der Waals surface area (Å²) in [5.41, 5.74) is 5.57. The summed E-state index contributed by atoms with van der Waals surface area (Å²) >= 11 is 0. The Labute approximate surface area is 80.9 Å². The Hall–Kier alpha value is 0.210. The number of halogens is 1. The van der Waals surface area contributed by atoms with Gasteiger partial charge in [-0.05, 0) is 37.6 Å². The third-order valence-corrected chi connectivity index (χ3v) is 2.84. The van der Waals surface area contributed by atoms with Crippen LogP contribution in [0.15, 0.2) is 0 Å². The number of aliphatic hydroxyl groups excluding tert-OH is 1. The van der Waals surface area contributed by atoms with Crippen LogP contribution in [0.2, 0.25) is 0 Å². The van der Waals surface area contributed by atoms with E-state index in [0.717, 1.165) is 24.8 Å². The largest absolute Gasteiger partial charge is 0.396 e. The summed E-state index contributed by atoms with van der Waals surface area (Å²) in [7, 11) is 0. The molecule has 1 fully saturated rings.